The van der Waals surface area contributed by atoms with E-state index in [9.17, 15) is 0 Å². The first-order valence-corrected chi connectivity index (χ1v) is 5.93. The van der Waals surface area contributed by atoms with E-state index < -0.39 is 0 Å². The first-order valence-electron chi connectivity index (χ1n) is 5.93. The molecular weight excluding hydrogens is 144 g/mol. The maximum atomic E-state index is 2.36. The summed E-state index contributed by atoms with van der Waals surface area (Å²) in [5.74, 6) is 1.06. The van der Waals surface area contributed by atoms with Crippen LogP contribution in [0.2, 0.25) is 0 Å². The molecule has 0 heterocycles. The Morgan fingerprint density at radius 2 is 1.17 bits per heavy atom. The second kappa shape index (κ2) is 6.51. The van der Waals surface area contributed by atoms with Crippen LogP contribution >= 0.6 is 0 Å². The van der Waals surface area contributed by atoms with Crippen LogP contribution in [0.4, 0.5) is 0 Å². The molecule has 0 atom stereocenters. The van der Waals surface area contributed by atoms with Crippen molar-refractivity contribution in [1.29, 1.82) is 0 Å². The molecule has 0 aliphatic heterocycles. The van der Waals surface area contributed by atoms with E-state index in [1.165, 1.54) is 64.2 Å². The lowest BCUT2D eigenvalue weighted by molar-refractivity contribution is 0.380. The Bertz CT molecular complexity index is 86.2. The molecule has 0 aromatic heterocycles. The third-order valence-electron chi connectivity index (χ3n) is 3.30. The van der Waals surface area contributed by atoms with Gasteiger partial charge in [0.25, 0.3) is 0 Å². The van der Waals surface area contributed by atoms with Gasteiger partial charge < -0.3 is 0 Å². The molecule has 1 rings (SSSR count). The van der Waals surface area contributed by atoms with E-state index in [2.05, 4.69) is 6.92 Å². The smallest absolute Gasteiger partial charge is 0.0417 e. The van der Waals surface area contributed by atoms with Crippen LogP contribution in [0.5, 0.6) is 0 Å². The van der Waals surface area contributed by atoms with Gasteiger partial charge in [-0.3, -0.25) is 0 Å². The molecule has 1 saturated carbocycles. The van der Waals surface area contributed by atoms with Crippen LogP contribution in [0.15, 0.2) is 0 Å². The second-order valence-electron chi connectivity index (χ2n) is 4.33. The number of hydrogen-bond acceptors (Lipinski definition) is 0. The third kappa shape index (κ3) is 4.13. The lowest BCUT2D eigenvalue weighted by Crippen LogP contribution is -2.00. The molecule has 0 bridgehead atoms. The predicted molar refractivity (Wildman–Crippen MR) is 55.3 cm³/mol. The summed E-state index contributed by atoms with van der Waals surface area (Å²) >= 11 is 0. The van der Waals surface area contributed by atoms with Gasteiger partial charge in [0.15, 0.2) is 0 Å². The van der Waals surface area contributed by atoms with Crippen LogP contribution < -0.4 is 0 Å². The Morgan fingerprint density at radius 1 is 0.750 bits per heavy atom. The minimum atomic E-state index is 1.06. The van der Waals surface area contributed by atoms with Gasteiger partial charge in [0.2, 0.25) is 0 Å². The van der Waals surface area contributed by atoms with E-state index in [4.69, 9.17) is 0 Å². The maximum absolute atomic E-state index is 2.36. The van der Waals surface area contributed by atoms with E-state index in [1.54, 1.807) is 0 Å². The summed E-state index contributed by atoms with van der Waals surface area (Å²) in [7, 11) is 0. The highest BCUT2D eigenvalue weighted by Crippen LogP contribution is 2.23. The first kappa shape index (κ1) is 10.1. The van der Waals surface area contributed by atoms with Gasteiger partial charge in [-0.15, -0.1) is 0 Å². The van der Waals surface area contributed by atoms with Crippen LogP contribution in [0.1, 0.15) is 71.1 Å². The van der Waals surface area contributed by atoms with E-state index in [0.717, 1.165) is 5.92 Å². The molecule has 0 aromatic carbocycles. The highest BCUT2D eigenvalue weighted by molar-refractivity contribution is 4.60. The van der Waals surface area contributed by atoms with E-state index in [-0.39, 0.29) is 0 Å². The average molecular weight is 168 g/mol. The lowest BCUT2D eigenvalue weighted by Gasteiger charge is -2.16. The molecule has 0 unspecified atom stereocenters. The normalized spacial score (nSPS) is 23.8. The molecule has 0 radical (unpaired) electrons. The van der Waals surface area contributed by atoms with Gasteiger partial charge in [0, 0.05) is 0 Å². The topological polar surface area (TPSA) is 0 Å². The van der Waals surface area contributed by atoms with Crippen molar-refractivity contribution in [3.05, 3.63) is 0 Å². The van der Waals surface area contributed by atoms with Crippen LogP contribution in [-0.4, -0.2) is 0 Å². The molecule has 0 amide bonds. The standard InChI is InChI=1S/C12H24/c1-2-12-10-8-6-4-3-5-7-9-11-12/h12H,2-11H2,1H3. The van der Waals surface area contributed by atoms with Crippen molar-refractivity contribution in [2.24, 2.45) is 5.92 Å². The predicted octanol–water partition coefficient (Wildman–Crippen LogP) is 4.54. The zero-order valence-corrected chi connectivity index (χ0v) is 8.65. The highest BCUT2D eigenvalue weighted by Gasteiger charge is 2.06. The molecule has 1 aliphatic rings. The lowest BCUT2D eigenvalue weighted by atomic mass is 9.91. The van der Waals surface area contributed by atoms with Gasteiger partial charge in [-0.05, 0) is 5.92 Å². The van der Waals surface area contributed by atoms with E-state index >= 15 is 0 Å². The highest BCUT2D eigenvalue weighted by atomic mass is 14.1. The summed E-state index contributed by atoms with van der Waals surface area (Å²) < 4.78 is 0. The molecule has 0 N–H and O–H groups in total. The van der Waals surface area contributed by atoms with Crippen LogP contribution in [-0.2, 0) is 0 Å². The van der Waals surface area contributed by atoms with Crippen molar-refractivity contribution < 1.29 is 0 Å². The van der Waals surface area contributed by atoms with Crippen LogP contribution in [0.3, 0.4) is 0 Å². The number of rotatable bonds is 1. The van der Waals surface area contributed by atoms with Gasteiger partial charge in [-0.2, -0.15) is 0 Å². The molecule has 0 aromatic rings. The molecule has 12 heavy (non-hydrogen) atoms. The summed E-state index contributed by atoms with van der Waals surface area (Å²) in [5, 5.41) is 0. The van der Waals surface area contributed by atoms with Gasteiger partial charge in [0.1, 0.15) is 0 Å². The monoisotopic (exact) mass is 168 g/mol. The van der Waals surface area contributed by atoms with E-state index in [1.807, 2.05) is 0 Å². The minimum Gasteiger partial charge on any atom is -0.0651 e. The maximum Gasteiger partial charge on any atom is -0.0417 e. The second-order valence-corrected chi connectivity index (χ2v) is 4.33. The molecule has 0 nitrogen and oxygen atoms in total. The summed E-state index contributed by atoms with van der Waals surface area (Å²) in [6.07, 6.45) is 14.9. The molecule has 0 heteroatoms. The van der Waals surface area contributed by atoms with Crippen molar-refractivity contribution in [1.82, 2.24) is 0 Å². The van der Waals surface area contributed by atoms with Crippen molar-refractivity contribution in [2.45, 2.75) is 71.1 Å². The SMILES string of the molecule is CCC1CCCCCCCCC1. The zero-order valence-electron chi connectivity index (χ0n) is 8.65. The molecular formula is C12H24. The molecule has 0 saturated heterocycles. The fourth-order valence-corrected chi connectivity index (χ4v) is 2.30. The van der Waals surface area contributed by atoms with Crippen LogP contribution in [0.25, 0.3) is 0 Å². The molecule has 0 spiro atoms. The van der Waals surface area contributed by atoms with Crippen molar-refractivity contribution in [3.8, 4) is 0 Å². The van der Waals surface area contributed by atoms with Gasteiger partial charge in [-0.25, -0.2) is 0 Å². The molecule has 1 aliphatic carbocycles. The van der Waals surface area contributed by atoms with Crippen molar-refractivity contribution in [2.75, 3.05) is 0 Å². The quantitative estimate of drug-likeness (QED) is 0.539. The summed E-state index contributed by atoms with van der Waals surface area (Å²) in [6.45, 7) is 2.36. The van der Waals surface area contributed by atoms with Crippen molar-refractivity contribution in [3.63, 3.8) is 0 Å². The van der Waals surface area contributed by atoms with Gasteiger partial charge in [-0.1, -0.05) is 71.1 Å². The van der Waals surface area contributed by atoms with Gasteiger partial charge in [0.05, 0.1) is 0 Å². The summed E-state index contributed by atoms with van der Waals surface area (Å²) in [5.41, 5.74) is 0. The first-order chi connectivity index (χ1) is 5.93. The molecule has 72 valence electrons. The fourth-order valence-electron chi connectivity index (χ4n) is 2.30. The van der Waals surface area contributed by atoms with E-state index in [0.29, 0.717) is 0 Å². The summed E-state index contributed by atoms with van der Waals surface area (Å²) in [4.78, 5) is 0. The largest absolute Gasteiger partial charge is 0.0651 e. The molecule has 1 fully saturated rings. The zero-order chi connectivity index (χ0) is 8.65. The van der Waals surface area contributed by atoms with Crippen LogP contribution in [0, 0.1) is 5.92 Å². The fraction of sp³-hybridized carbons (Fsp3) is 1.00. The Hall–Kier alpha value is 0. The Labute approximate surface area is 77.7 Å². The Kier molecular flexibility index (Phi) is 5.47. The van der Waals surface area contributed by atoms with Gasteiger partial charge >= 0.3 is 0 Å². The van der Waals surface area contributed by atoms with Crippen molar-refractivity contribution >= 4 is 0 Å². The Morgan fingerprint density at radius 3 is 1.58 bits per heavy atom. The third-order valence-corrected chi connectivity index (χ3v) is 3.30. The number of hydrogen-bond donors (Lipinski definition) is 0. The minimum absolute atomic E-state index is 1.06. The summed E-state index contributed by atoms with van der Waals surface area (Å²) in [6, 6.07) is 0. The average Bonchev–Trinajstić information content (AvgIpc) is 2.14. The Balaban J connectivity index is 2.17.